The van der Waals surface area contributed by atoms with Gasteiger partial charge in [0.25, 0.3) is 0 Å². The Hall–Kier alpha value is -2.46. The summed E-state index contributed by atoms with van der Waals surface area (Å²) >= 11 is 5.44. The number of nitrogens with one attached hydrogen (secondary N) is 1. The van der Waals surface area contributed by atoms with Gasteiger partial charge in [-0.05, 0) is 47.8 Å². The molecule has 0 amide bonds. The molecule has 0 atom stereocenters. The largest absolute Gasteiger partial charge is 0.268 e. The third kappa shape index (κ3) is 3.03. The maximum atomic E-state index is 5.44. The summed E-state index contributed by atoms with van der Waals surface area (Å²) in [7, 11) is 0. The molecule has 1 aromatic heterocycles. The SMILES string of the molecule is C=C/C=C/c1n[nH]c(=S)n1-c1cccc2ccc(CCC)cc12. The molecule has 3 aromatic rings. The molecule has 2 aromatic carbocycles. The topological polar surface area (TPSA) is 33.6 Å². The lowest BCUT2D eigenvalue weighted by molar-refractivity contribution is 0.923. The van der Waals surface area contributed by atoms with Crippen LogP contribution < -0.4 is 0 Å². The lowest BCUT2D eigenvalue weighted by Crippen LogP contribution is -1.99. The third-order valence-corrected chi connectivity index (χ3v) is 4.06. The van der Waals surface area contributed by atoms with Gasteiger partial charge < -0.3 is 0 Å². The summed E-state index contributed by atoms with van der Waals surface area (Å²) in [5.74, 6) is 0.767. The second-order valence-corrected chi connectivity index (χ2v) is 5.79. The molecule has 3 rings (SSSR count). The van der Waals surface area contributed by atoms with E-state index in [9.17, 15) is 0 Å². The highest BCUT2D eigenvalue weighted by Crippen LogP contribution is 2.25. The van der Waals surface area contributed by atoms with Crippen molar-refractivity contribution in [3.05, 3.63) is 71.3 Å². The van der Waals surface area contributed by atoms with Gasteiger partial charge in [0.05, 0.1) is 5.69 Å². The molecule has 3 nitrogen and oxygen atoms in total. The van der Waals surface area contributed by atoms with Gasteiger partial charge in [0, 0.05) is 5.39 Å². The van der Waals surface area contributed by atoms with Gasteiger partial charge in [-0.25, -0.2) is 0 Å². The molecule has 0 radical (unpaired) electrons. The normalized spacial score (nSPS) is 11.3. The first-order chi connectivity index (χ1) is 11.2. The minimum atomic E-state index is 0.585. The van der Waals surface area contributed by atoms with Crippen LogP contribution in [0.5, 0.6) is 0 Å². The Morgan fingerprint density at radius 3 is 2.96 bits per heavy atom. The van der Waals surface area contributed by atoms with Crippen molar-refractivity contribution in [3.8, 4) is 5.69 Å². The number of aromatic amines is 1. The molecule has 0 fully saturated rings. The standard InChI is InChI=1S/C19H19N3S/c1-3-5-10-18-20-21-19(23)22(18)17-9-6-8-15-12-11-14(7-4-2)13-16(15)17/h3,5-6,8-13H,1,4,7H2,2H3,(H,21,23)/b10-5+. The number of nitrogens with zero attached hydrogens (tertiary/aromatic N) is 2. The second kappa shape index (κ2) is 6.75. The average molecular weight is 321 g/mol. The first-order valence-corrected chi connectivity index (χ1v) is 8.14. The summed E-state index contributed by atoms with van der Waals surface area (Å²) < 4.78 is 2.55. The van der Waals surface area contributed by atoms with Crippen LogP contribution in [0.3, 0.4) is 0 Å². The van der Waals surface area contributed by atoms with Crippen molar-refractivity contribution in [2.75, 3.05) is 0 Å². The monoisotopic (exact) mass is 321 g/mol. The molecule has 0 spiro atoms. The van der Waals surface area contributed by atoms with Crippen LogP contribution in [0.15, 0.2) is 55.1 Å². The van der Waals surface area contributed by atoms with Gasteiger partial charge in [0.1, 0.15) is 0 Å². The van der Waals surface area contributed by atoms with Gasteiger partial charge in [-0.2, -0.15) is 5.10 Å². The number of rotatable bonds is 5. The van der Waals surface area contributed by atoms with E-state index in [1.165, 1.54) is 16.3 Å². The Balaban J connectivity index is 2.26. The van der Waals surface area contributed by atoms with Crippen LogP contribution in [0.25, 0.3) is 22.5 Å². The summed E-state index contributed by atoms with van der Waals surface area (Å²) in [6.07, 6.45) is 7.68. The minimum Gasteiger partial charge on any atom is -0.268 e. The minimum absolute atomic E-state index is 0.585. The van der Waals surface area contributed by atoms with Gasteiger partial charge in [-0.15, -0.1) is 0 Å². The molecule has 23 heavy (non-hydrogen) atoms. The smallest absolute Gasteiger partial charge is 0.200 e. The van der Waals surface area contributed by atoms with Crippen molar-refractivity contribution < 1.29 is 0 Å². The fourth-order valence-electron chi connectivity index (χ4n) is 2.75. The third-order valence-electron chi connectivity index (χ3n) is 3.78. The van der Waals surface area contributed by atoms with Gasteiger partial charge in [0.2, 0.25) is 0 Å². The van der Waals surface area contributed by atoms with Crippen LogP contribution in [0, 0.1) is 4.77 Å². The number of hydrogen-bond acceptors (Lipinski definition) is 2. The molecule has 116 valence electrons. The van der Waals surface area contributed by atoms with Gasteiger partial charge in [-0.1, -0.05) is 56.3 Å². The zero-order chi connectivity index (χ0) is 16.2. The van der Waals surface area contributed by atoms with Crippen molar-refractivity contribution in [2.24, 2.45) is 0 Å². The van der Waals surface area contributed by atoms with Crippen molar-refractivity contribution in [1.82, 2.24) is 14.8 Å². The zero-order valence-electron chi connectivity index (χ0n) is 13.1. The summed E-state index contributed by atoms with van der Waals surface area (Å²) in [5.41, 5.74) is 2.38. The number of hydrogen-bond donors (Lipinski definition) is 1. The molecule has 0 unspecified atom stereocenters. The van der Waals surface area contributed by atoms with Crippen molar-refractivity contribution >= 4 is 29.1 Å². The van der Waals surface area contributed by atoms with E-state index >= 15 is 0 Å². The van der Waals surface area contributed by atoms with E-state index in [0.717, 1.165) is 24.4 Å². The van der Waals surface area contributed by atoms with Crippen molar-refractivity contribution in [2.45, 2.75) is 19.8 Å². The molecular weight excluding hydrogens is 302 g/mol. The summed E-state index contributed by atoms with van der Waals surface area (Å²) in [5, 5.41) is 9.57. The van der Waals surface area contributed by atoms with E-state index in [1.54, 1.807) is 6.08 Å². The highest BCUT2D eigenvalue weighted by Gasteiger charge is 2.09. The maximum Gasteiger partial charge on any atom is 0.200 e. The molecule has 1 heterocycles. The van der Waals surface area contributed by atoms with Gasteiger partial charge >= 0.3 is 0 Å². The van der Waals surface area contributed by atoms with E-state index in [0.29, 0.717) is 4.77 Å². The van der Waals surface area contributed by atoms with Gasteiger partial charge in [-0.3, -0.25) is 9.67 Å². The molecule has 0 aliphatic carbocycles. The van der Waals surface area contributed by atoms with Crippen LogP contribution in [-0.4, -0.2) is 14.8 Å². The Kier molecular flexibility index (Phi) is 4.53. The molecule has 1 N–H and O–H groups in total. The molecule has 0 aliphatic heterocycles. The second-order valence-electron chi connectivity index (χ2n) is 5.40. The number of aromatic nitrogens is 3. The fourth-order valence-corrected chi connectivity index (χ4v) is 2.99. The van der Waals surface area contributed by atoms with Gasteiger partial charge in [0.15, 0.2) is 10.6 Å². The van der Waals surface area contributed by atoms with E-state index < -0.39 is 0 Å². The van der Waals surface area contributed by atoms with Crippen LogP contribution >= 0.6 is 12.2 Å². The molecule has 4 heteroatoms. The van der Waals surface area contributed by atoms with E-state index in [-0.39, 0.29) is 0 Å². The predicted octanol–water partition coefficient (Wildman–Crippen LogP) is 5.23. The predicted molar refractivity (Wildman–Crippen MR) is 99.5 cm³/mol. The summed E-state index contributed by atoms with van der Waals surface area (Å²) in [4.78, 5) is 0. The van der Waals surface area contributed by atoms with E-state index in [2.05, 4.69) is 54.0 Å². The van der Waals surface area contributed by atoms with E-state index in [4.69, 9.17) is 12.2 Å². The highest BCUT2D eigenvalue weighted by atomic mass is 32.1. The quantitative estimate of drug-likeness (QED) is 0.515. The lowest BCUT2D eigenvalue weighted by atomic mass is 10.0. The molecule has 0 aliphatic rings. The van der Waals surface area contributed by atoms with Crippen molar-refractivity contribution in [1.29, 1.82) is 0 Å². The van der Waals surface area contributed by atoms with Crippen LogP contribution in [0.4, 0.5) is 0 Å². The number of fused-ring (bicyclic) bond motifs is 1. The van der Waals surface area contributed by atoms with Crippen molar-refractivity contribution in [3.63, 3.8) is 0 Å². The summed E-state index contributed by atoms with van der Waals surface area (Å²) in [6.45, 7) is 5.90. The zero-order valence-corrected chi connectivity index (χ0v) is 13.9. The Morgan fingerprint density at radius 1 is 1.30 bits per heavy atom. The number of H-pyrrole nitrogens is 1. The Bertz CT molecular complexity index is 931. The maximum absolute atomic E-state index is 5.44. The summed E-state index contributed by atoms with van der Waals surface area (Å²) in [6, 6.07) is 12.9. The fraction of sp³-hybridized carbons (Fsp3) is 0.158. The highest BCUT2D eigenvalue weighted by molar-refractivity contribution is 7.71. The first kappa shape index (κ1) is 15.4. The average Bonchev–Trinajstić information content (AvgIpc) is 2.93. The Labute approximate surface area is 141 Å². The molecule has 0 saturated heterocycles. The Morgan fingerprint density at radius 2 is 2.17 bits per heavy atom. The van der Waals surface area contributed by atoms with E-state index in [1.807, 2.05) is 22.8 Å². The van der Waals surface area contributed by atoms with Crippen LogP contribution in [0.2, 0.25) is 0 Å². The number of benzene rings is 2. The lowest BCUT2D eigenvalue weighted by Gasteiger charge is -2.10. The molecule has 0 bridgehead atoms. The molecule has 0 saturated carbocycles. The van der Waals surface area contributed by atoms with Crippen LogP contribution in [0.1, 0.15) is 24.7 Å². The molecular formula is C19H19N3S. The number of allylic oxidation sites excluding steroid dienone is 2. The number of aryl methyl sites for hydroxylation is 1. The first-order valence-electron chi connectivity index (χ1n) is 7.73. The van der Waals surface area contributed by atoms with Crippen LogP contribution in [-0.2, 0) is 6.42 Å².